The van der Waals surface area contributed by atoms with E-state index in [1.54, 1.807) is 6.92 Å². The lowest BCUT2D eigenvalue weighted by atomic mass is 10.0. The van der Waals surface area contributed by atoms with Gasteiger partial charge in [0.1, 0.15) is 0 Å². The van der Waals surface area contributed by atoms with Gasteiger partial charge in [0.2, 0.25) is 0 Å². The van der Waals surface area contributed by atoms with Crippen molar-refractivity contribution in [2.75, 3.05) is 0 Å². The molecule has 0 aromatic heterocycles. The van der Waals surface area contributed by atoms with Crippen LogP contribution in [-0.2, 0) is 10.1 Å². The fraction of sp³-hybridized carbons (Fsp3) is 1.00. The highest BCUT2D eigenvalue weighted by Gasteiger charge is 2.15. The van der Waals surface area contributed by atoms with Crippen molar-refractivity contribution in [2.45, 2.75) is 141 Å². The minimum atomic E-state index is -3.84. The Labute approximate surface area is 169 Å². The molecule has 5 heteroatoms. The van der Waals surface area contributed by atoms with Crippen LogP contribution in [0.3, 0.4) is 0 Å². The topological polar surface area (TPSA) is 74.6 Å². The van der Waals surface area contributed by atoms with E-state index in [-0.39, 0.29) is 6.10 Å². The van der Waals surface area contributed by atoms with Crippen LogP contribution in [0.1, 0.15) is 129 Å². The van der Waals surface area contributed by atoms with Crippen LogP contribution in [0.25, 0.3) is 0 Å². The monoisotopic (exact) mass is 406 g/mol. The molecule has 2 atom stereocenters. The summed E-state index contributed by atoms with van der Waals surface area (Å²) in [6, 6.07) is 0. The first kappa shape index (κ1) is 26.9. The van der Waals surface area contributed by atoms with E-state index in [4.69, 9.17) is 4.55 Å². The van der Waals surface area contributed by atoms with Crippen LogP contribution in [0, 0.1) is 0 Å². The molecule has 0 bridgehead atoms. The van der Waals surface area contributed by atoms with Gasteiger partial charge in [0.05, 0.1) is 11.4 Å². The summed E-state index contributed by atoms with van der Waals surface area (Å²) in [6.07, 6.45) is 21.0. The molecule has 0 rings (SSSR count). The molecule has 0 heterocycles. The van der Waals surface area contributed by atoms with Crippen LogP contribution in [0.15, 0.2) is 0 Å². The SMILES string of the molecule is CCCC(O)CCCCCCCCCCCCCCCCC(C)S(=O)(=O)O. The number of rotatable bonds is 20. The van der Waals surface area contributed by atoms with E-state index in [9.17, 15) is 13.5 Å². The van der Waals surface area contributed by atoms with Crippen LogP contribution < -0.4 is 0 Å². The molecule has 2 unspecified atom stereocenters. The maximum atomic E-state index is 10.9. The van der Waals surface area contributed by atoms with Gasteiger partial charge in [-0.25, -0.2) is 0 Å². The third-order valence-corrected chi connectivity index (χ3v) is 6.78. The lowest BCUT2D eigenvalue weighted by Crippen LogP contribution is -2.16. The molecule has 27 heavy (non-hydrogen) atoms. The Balaban J connectivity index is 3.17. The van der Waals surface area contributed by atoms with E-state index in [1.165, 1.54) is 77.0 Å². The molecule has 0 spiro atoms. The van der Waals surface area contributed by atoms with Gasteiger partial charge in [-0.3, -0.25) is 4.55 Å². The Morgan fingerprint density at radius 2 is 0.963 bits per heavy atom. The fourth-order valence-electron chi connectivity index (χ4n) is 3.56. The van der Waals surface area contributed by atoms with Gasteiger partial charge in [-0.05, 0) is 26.2 Å². The Bertz CT molecular complexity index is 409. The van der Waals surface area contributed by atoms with Crippen molar-refractivity contribution in [1.29, 1.82) is 0 Å². The van der Waals surface area contributed by atoms with Gasteiger partial charge in [0.15, 0.2) is 0 Å². The van der Waals surface area contributed by atoms with Crippen LogP contribution >= 0.6 is 0 Å². The van der Waals surface area contributed by atoms with Crippen molar-refractivity contribution in [3.8, 4) is 0 Å². The number of unbranched alkanes of at least 4 members (excludes halogenated alkanes) is 13. The minimum Gasteiger partial charge on any atom is -0.393 e. The predicted molar refractivity (Wildman–Crippen MR) is 116 cm³/mol. The molecule has 164 valence electrons. The van der Waals surface area contributed by atoms with E-state index in [0.717, 1.165) is 32.1 Å². The van der Waals surface area contributed by atoms with Crippen molar-refractivity contribution >= 4 is 10.1 Å². The molecule has 0 amide bonds. The maximum Gasteiger partial charge on any atom is 0.267 e. The largest absolute Gasteiger partial charge is 0.393 e. The Kier molecular flexibility index (Phi) is 17.8. The van der Waals surface area contributed by atoms with E-state index in [1.807, 2.05) is 0 Å². The molecule has 2 N–H and O–H groups in total. The summed E-state index contributed by atoms with van der Waals surface area (Å²) in [5, 5.41) is 9.05. The van der Waals surface area contributed by atoms with Gasteiger partial charge >= 0.3 is 0 Å². The Hall–Kier alpha value is -0.130. The normalized spacial score (nSPS) is 14.4. The zero-order chi connectivity index (χ0) is 20.4. The summed E-state index contributed by atoms with van der Waals surface area (Å²) in [6.45, 7) is 3.70. The first-order valence-corrected chi connectivity index (χ1v) is 13.0. The van der Waals surface area contributed by atoms with Gasteiger partial charge in [0, 0.05) is 0 Å². The molecule has 0 aliphatic rings. The number of aliphatic hydroxyl groups is 1. The van der Waals surface area contributed by atoms with Crippen LogP contribution in [0.2, 0.25) is 0 Å². The second-order valence-corrected chi connectivity index (χ2v) is 10.1. The summed E-state index contributed by atoms with van der Waals surface area (Å²) < 4.78 is 30.7. The average Bonchev–Trinajstić information content (AvgIpc) is 2.60. The first-order valence-electron chi connectivity index (χ1n) is 11.5. The third-order valence-electron chi connectivity index (χ3n) is 5.53. The van der Waals surface area contributed by atoms with Gasteiger partial charge in [-0.1, -0.05) is 103 Å². The second kappa shape index (κ2) is 17.9. The lowest BCUT2D eigenvalue weighted by molar-refractivity contribution is 0.150. The zero-order valence-electron chi connectivity index (χ0n) is 18.0. The molecule has 0 saturated carbocycles. The van der Waals surface area contributed by atoms with Crippen molar-refractivity contribution < 1.29 is 18.1 Å². The highest BCUT2D eigenvalue weighted by Crippen LogP contribution is 2.15. The maximum absolute atomic E-state index is 10.9. The smallest absolute Gasteiger partial charge is 0.267 e. The predicted octanol–water partition coefficient (Wildman–Crippen LogP) is 6.67. The molecule has 0 aliphatic carbocycles. The third kappa shape index (κ3) is 19.0. The lowest BCUT2D eigenvalue weighted by Gasteiger charge is -2.08. The summed E-state index contributed by atoms with van der Waals surface area (Å²) in [4.78, 5) is 0. The van der Waals surface area contributed by atoms with Gasteiger partial charge in [0.25, 0.3) is 10.1 Å². The highest BCUT2D eigenvalue weighted by molar-refractivity contribution is 7.86. The van der Waals surface area contributed by atoms with Crippen LogP contribution in [-0.4, -0.2) is 29.4 Å². The van der Waals surface area contributed by atoms with Crippen molar-refractivity contribution in [1.82, 2.24) is 0 Å². The molecule has 4 nitrogen and oxygen atoms in total. The van der Waals surface area contributed by atoms with Crippen LogP contribution in [0.5, 0.6) is 0 Å². The minimum absolute atomic E-state index is 0.0738. The molecule has 0 aliphatic heterocycles. The quantitative estimate of drug-likeness (QED) is 0.175. The summed E-state index contributed by atoms with van der Waals surface area (Å²) in [7, 11) is -3.84. The summed E-state index contributed by atoms with van der Waals surface area (Å²) in [5.74, 6) is 0. The molecular weight excluding hydrogens is 360 g/mol. The molecular formula is C22H46O4S. The first-order chi connectivity index (χ1) is 12.9. The van der Waals surface area contributed by atoms with Gasteiger partial charge in [-0.15, -0.1) is 0 Å². The van der Waals surface area contributed by atoms with E-state index >= 15 is 0 Å². The summed E-state index contributed by atoms with van der Waals surface area (Å²) >= 11 is 0. The summed E-state index contributed by atoms with van der Waals surface area (Å²) in [5.41, 5.74) is 0. The molecule has 0 fully saturated rings. The molecule has 0 saturated heterocycles. The standard InChI is InChI=1S/C22H46O4S/c1-3-18-22(23)20-17-15-13-11-9-7-5-4-6-8-10-12-14-16-19-21(2)27(24,25)26/h21-23H,3-20H2,1-2H3,(H,24,25,26). The average molecular weight is 407 g/mol. The fourth-order valence-corrected chi connectivity index (χ4v) is 4.02. The number of hydrogen-bond donors (Lipinski definition) is 2. The Morgan fingerprint density at radius 3 is 1.30 bits per heavy atom. The van der Waals surface area contributed by atoms with Crippen molar-refractivity contribution in [2.24, 2.45) is 0 Å². The molecule has 0 aromatic carbocycles. The highest BCUT2D eigenvalue weighted by atomic mass is 32.2. The number of aliphatic hydroxyl groups excluding tert-OH is 1. The van der Waals surface area contributed by atoms with E-state index in [2.05, 4.69) is 6.92 Å². The number of hydrogen-bond acceptors (Lipinski definition) is 3. The Morgan fingerprint density at radius 1 is 0.630 bits per heavy atom. The molecule has 0 aromatic rings. The van der Waals surface area contributed by atoms with E-state index < -0.39 is 15.4 Å². The second-order valence-electron chi connectivity index (χ2n) is 8.30. The zero-order valence-corrected chi connectivity index (χ0v) is 18.8. The van der Waals surface area contributed by atoms with Crippen LogP contribution in [0.4, 0.5) is 0 Å². The van der Waals surface area contributed by atoms with Gasteiger partial charge in [-0.2, -0.15) is 8.42 Å². The van der Waals surface area contributed by atoms with Crippen molar-refractivity contribution in [3.63, 3.8) is 0 Å². The van der Waals surface area contributed by atoms with E-state index in [0.29, 0.717) is 6.42 Å². The van der Waals surface area contributed by atoms with Gasteiger partial charge < -0.3 is 5.11 Å². The van der Waals surface area contributed by atoms with Crippen molar-refractivity contribution in [3.05, 3.63) is 0 Å². The molecule has 0 radical (unpaired) electrons.